The molecule has 2 atom stereocenters. The topological polar surface area (TPSA) is 46.6 Å². The lowest BCUT2D eigenvalue weighted by Crippen LogP contribution is -2.39. The van der Waals surface area contributed by atoms with Gasteiger partial charge < -0.3 is 9.64 Å². The van der Waals surface area contributed by atoms with Crippen molar-refractivity contribution in [3.63, 3.8) is 0 Å². The second kappa shape index (κ2) is 8.95. The van der Waals surface area contributed by atoms with Crippen molar-refractivity contribution in [3.05, 3.63) is 0 Å². The maximum absolute atomic E-state index is 12.0. The molecule has 110 valence electrons. The van der Waals surface area contributed by atoms with Crippen LogP contribution in [0.2, 0.25) is 0 Å². The normalized spacial score (nSPS) is 18.2. The van der Waals surface area contributed by atoms with Gasteiger partial charge in [0.15, 0.2) is 6.10 Å². The van der Waals surface area contributed by atoms with Gasteiger partial charge in [0.05, 0.1) is 0 Å². The summed E-state index contributed by atoms with van der Waals surface area (Å²) >= 11 is 6.67. The van der Waals surface area contributed by atoms with Gasteiger partial charge in [-0.3, -0.25) is 9.59 Å². The molecule has 1 rings (SSSR count). The third kappa shape index (κ3) is 5.81. The highest BCUT2D eigenvalue weighted by Gasteiger charge is 2.27. The van der Waals surface area contributed by atoms with E-state index in [4.69, 9.17) is 4.74 Å². The molecule has 1 heterocycles. The van der Waals surface area contributed by atoms with Crippen LogP contribution in [0.5, 0.6) is 0 Å². The van der Waals surface area contributed by atoms with Crippen LogP contribution in [0.3, 0.4) is 0 Å². The van der Waals surface area contributed by atoms with Crippen LogP contribution in [0.15, 0.2) is 0 Å². The molecule has 1 aliphatic heterocycles. The van der Waals surface area contributed by atoms with E-state index in [1.54, 1.807) is 11.8 Å². The van der Waals surface area contributed by atoms with E-state index < -0.39 is 6.10 Å². The summed E-state index contributed by atoms with van der Waals surface area (Å²) in [5, 5.41) is 0.936. The van der Waals surface area contributed by atoms with Crippen molar-refractivity contribution < 1.29 is 14.3 Å². The molecule has 0 bridgehead atoms. The molecule has 0 radical (unpaired) electrons. The Balaban J connectivity index is 2.31. The molecule has 0 aliphatic carbocycles. The highest BCUT2D eigenvalue weighted by molar-refractivity contribution is 9.10. The number of hydrogen-bond acceptors (Lipinski definition) is 3. The molecule has 1 fully saturated rings. The quantitative estimate of drug-likeness (QED) is 0.376. The van der Waals surface area contributed by atoms with E-state index in [-0.39, 0.29) is 16.7 Å². The largest absolute Gasteiger partial charge is 0.452 e. The number of esters is 1. The Morgan fingerprint density at radius 1 is 1.26 bits per heavy atom. The van der Waals surface area contributed by atoms with E-state index >= 15 is 0 Å². The van der Waals surface area contributed by atoms with E-state index in [0.29, 0.717) is 0 Å². The van der Waals surface area contributed by atoms with Gasteiger partial charge in [0.1, 0.15) is 4.83 Å². The summed E-state index contributed by atoms with van der Waals surface area (Å²) in [6.07, 6.45) is 4.11. The zero-order valence-electron chi connectivity index (χ0n) is 11.2. The van der Waals surface area contributed by atoms with Crippen LogP contribution >= 0.6 is 31.9 Å². The van der Waals surface area contributed by atoms with Gasteiger partial charge in [-0.2, -0.15) is 0 Å². The monoisotopic (exact) mass is 397 g/mol. The summed E-state index contributed by atoms with van der Waals surface area (Å²) in [7, 11) is 0. The Morgan fingerprint density at radius 2 is 1.89 bits per heavy atom. The minimum atomic E-state index is -0.679. The van der Waals surface area contributed by atoms with Crippen molar-refractivity contribution in [3.8, 4) is 0 Å². The summed E-state index contributed by atoms with van der Waals surface area (Å²) in [5.41, 5.74) is 0. The highest BCUT2D eigenvalue weighted by atomic mass is 79.9. The Bertz CT molecular complexity index is 306. The molecule has 1 saturated heterocycles. The van der Waals surface area contributed by atoms with Crippen molar-refractivity contribution in [1.29, 1.82) is 0 Å². The van der Waals surface area contributed by atoms with E-state index in [2.05, 4.69) is 31.9 Å². The second-order valence-electron chi connectivity index (χ2n) is 4.76. The van der Waals surface area contributed by atoms with Crippen LogP contribution in [0.1, 0.15) is 39.0 Å². The highest BCUT2D eigenvalue weighted by Crippen LogP contribution is 2.15. The van der Waals surface area contributed by atoms with Gasteiger partial charge in [0.25, 0.3) is 5.91 Å². The minimum Gasteiger partial charge on any atom is -0.452 e. The number of ether oxygens (including phenoxy) is 1. The van der Waals surface area contributed by atoms with Crippen molar-refractivity contribution in [2.45, 2.75) is 50.0 Å². The van der Waals surface area contributed by atoms with Gasteiger partial charge in [-0.1, -0.05) is 38.3 Å². The predicted octanol–water partition coefficient (Wildman–Crippen LogP) is 2.87. The van der Waals surface area contributed by atoms with Crippen LogP contribution < -0.4 is 0 Å². The lowest BCUT2D eigenvalue weighted by molar-refractivity contribution is -0.158. The van der Waals surface area contributed by atoms with Gasteiger partial charge in [-0.25, -0.2) is 0 Å². The summed E-state index contributed by atoms with van der Waals surface area (Å²) in [6.45, 7) is 3.21. The van der Waals surface area contributed by atoms with Gasteiger partial charge in [-0.15, -0.1) is 0 Å². The summed E-state index contributed by atoms with van der Waals surface area (Å²) in [4.78, 5) is 25.3. The lowest BCUT2D eigenvalue weighted by Gasteiger charge is -2.21. The van der Waals surface area contributed by atoms with Crippen LogP contribution in [0.25, 0.3) is 0 Å². The van der Waals surface area contributed by atoms with Crippen LogP contribution in [-0.4, -0.2) is 46.1 Å². The molecule has 1 unspecified atom stereocenters. The fourth-order valence-corrected chi connectivity index (χ4v) is 2.86. The molecular formula is C13H21Br2NO3. The smallest absolute Gasteiger partial charge is 0.320 e. The van der Waals surface area contributed by atoms with Gasteiger partial charge in [0.2, 0.25) is 0 Å². The number of carbonyl (C=O) groups excluding carboxylic acids is 2. The lowest BCUT2D eigenvalue weighted by atomic mass is 10.2. The average Bonchev–Trinajstić information content (AvgIpc) is 2.91. The molecule has 1 aliphatic rings. The van der Waals surface area contributed by atoms with Crippen molar-refractivity contribution in [1.82, 2.24) is 4.90 Å². The van der Waals surface area contributed by atoms with Crippen molar-refractivity contribution in [2.24, 2.45) is 0 Å². The first kappa shape index (κ1) is 17.0. The Hall–Kier alpha value is -0.100. The molecule has 6 heteroatoms. The number of nitrogens with zero attached hydrogens (tertiary/aromatic N) is 1. The Morgan fingerprint density at radius 3 is 2.47 bits per heavy atom. The number of amides is 1. The van der Waals surface area contributed by atoms with E-state index in [0.717, 1.165) is 50.5 Å². The number of carbonyl (C=O) groups is 2. The predicted molar refractivity (Wildman–Crippen MR) is 81.7 cm³/mol. The number of halogens is 2. The summed E-state index contributed by atoms with van der Waals surface area (Å²) in [5.74, 6) is -0.416. The first-order valence-corrected chi connectivity index (χ1v) is 8.79. The molecule has 0 aromatic carbocycles. The van der Waals surface area contributed by atoms with Gasteiger partial charge in [0, 0.05) is 18.4 Å². The zero-order valence-corrected chi connectivity index (χ0v) is 14.4. The van der Waals surface area contributed by atoms with E-state index in [1.807, 2.05) is 0 Å². The number of likely N-dealkylation sites (tertiary alicyclic amines) is 1. The molecule has 0 aromatic heterocycles. The van der Waals surface area contributed by atoms with Crippen molar-refractivity contribution in [2.75, 3.05) is 18.4 Å². The van der Waals surface area contributed by atoms with E-state index in [9.17, 15) is 9.59 Å². The number of alkyl halides is 2. The van der Waals surface area contributed by atoms with Crippen LogP contribution in [0.4, 0.5) is 0 Å². The average molecular weight is 399 g/mol. The molecule has 0 spiro atoms. The van der Waals surface area contributed by atoms with Crippen LogP contribution in [-0.2, 0) is 14.3 Å². The zero-order chi connectivity index (χ0) is 14.3. The molecular weight excluding hydrogens is 378 g/mol. The first-order valence-electron chi connectivity index (χ1n) is 6.75. The number of unbranched alkanes of at least 4 members (excludes halogenated alkanes) is 1. The van der Waals surface area contributed by atoms with Crippen molar-refractivity contribution >= 4 is 43.7 Å². The Kier molecular flexibility index (Phi) is 7.99. The third-order valence-electron chi connectivity index (χ3n) is 3.16. The van der Waals surface area contributed by atoms with Gasteiger partial charge in [-0.05, 0) is 32.6 Å². The summed E-state index contributed by atoms with van der Waals surface area (Å²) in [6, 6.07) is 0. The molecule has 1 amide bonds. The Labute approximate surface area is 131 Å². The fraction of sp³-hybridized carbons (Fsp3) is 0.846. The number of rotatable bonds is 7. The maximum Gasteiger partial charge on any atom is 0.320 e. The second-order valence-corrected chi connectivity index (χ2v) is 6.66. The molecule has 19 heavy (non-hydrogen) atoms. The molecule has 0 aromatic rings. The number of hydrogen-bond donors (Lipinski definition) is 0. The summed E-state index contributed by atoms with van der Waals surface area (Å²) < 4.78 is 5.23. The maximum atomic E-state index is 12.0. The minimum absolute atomic E-state index is 0.0778. The SMILES string of the molecule is C[C@H](OC(=O)C(Br)CCCCBr)C(=O)N1CCCC1. The first-order chi connectivity index (χ1) is 9.06. The fourth-order valence-electron chi connectivity index (χ4n) is 2.03. The van der Waals surface area contributed by atoms with E-state index in [1.165, 1.54) is 0 Å². The standard InChI is InChI=1S/C13H21Br2NO3/c1-10(12(17)16-8-4-5-9-16)19-13(18)11(15)6-2-3-7-14/h10-11H,2-9H2,1H3/t10-,11?/m0/s1. The molecule has 0 N–H and O–H groups in total. The third-order valence-corrected chi connectivity index (χ3v) is 4.55. The van der Waals surface area contributed by atoms with Crippen LogP contribution in [0, 0.1) is 0 Å². The molecule has 4 nitrogen and oxygen atoms in total. The van der Waals surface area contributed by atoms with Gasteiger partial charge >= 0.3 is 5.97 Å². The molecule has 0 saturated carbocycles.